The third kappa shape index (κ3) is 6.12. The van der Waals surface area contributed by atoms with Gasteiger partial charge in [-0.3, -0.25) is 9.89 Å². The molecule has 0 saturated carbocycles. The number of hydrogen-bond acceptors (Lipinski definition) is 5. The second-order valence-electron chi connectivity index (χ2n) is 9.52. The van der Waals surface area contributed by atoms with Gasteiger partial charge in [-0.1, -0.05) is 52.0 Å². The predicted octanol–water partition coefficient (Wildman–Crippen LogP) is 4.43. The lowest BCUT2D eigenvalue weighted by Crippen LogP contribution is -2.32. The van der Waals surface area contributed by atoms with E-state index in [9.17, 15) is 13.2 Å². The van der Waals surface area contributed by atoms with Crippen LogP contribution >= 0.6 is 0 Å². The normalized spacial score (nSPS) is 12.0. The minimum absolute atomic E-state index is 0.00929. The summed E-state index contributed by atoms with van der Waals surface area (Å²) in [4.78, 5) is 15.0. The van der Waals surface area contributed by atoms with Crippen LogP contribution in [0.15, 0.2) is 53.7 Å². The van der Waals surface area contributed by atoms with Crippen LogP contribution in [0, 0.1) is 0 Å². The first-order chi connectivity index (χ1) is 16.0. The molecule has 0 spiro atoms. The molecule has 2 aromatic carbocycles. The van der Waals surface area contributed by atoms with E-state index < -0.39 is 15.9 Å². The predicted molar refractivity (Wildman–Crippen MR) is 135 cm³/mol. The van der Waals surface area contributed by atoms with E-state index in [1.165, 1.54) is 12.1 Å². The largest absolute Gasteiger partial charge is 0.305 e. The van der Waals surface area contributed by atoms with Crippen molar-refractivity contribution >= 4 is 15.9 Å². The average molecular weight is 483 g/mol. The van der Waals surface area contributed by atoms with Crippen molar-refractivity contribution in [3.63, 3.8) is 0 Å². The fourth-order valence-corrected chi connectivity index (χ4v) is 5.06. The molecule has 34 heavy (non-hydrogen) atoms. The lowest BCUT2D eigenvalue weighted by Gasteiger charge is -2.21. The molecule has 0 bridgehead atoms. The van der Waals surface area contributed by atoms with Crippen molar-refractivity contribution in [2.75, 3.05) is 14.1 Å². The van der Waals surface area contributed by atoms with Crippen LogP contribution in [-0.2, 0) is 27.8 Å². The zero-order chi connectivity index (χ0) is 25.0. The first-order valence-electron chi connectivity index (χ1n) is 11.4. The number of nitrogens with zero attached hydrogens (tertiary/aromatic N) is 2. The van der Waals surface area contributed by atoms with Crippen LogP contribution in [0.2, 0.25) is 0 Å². The quantitative estimate of drug-likeness (QED) is 0.470. The molecule has 8 heteroatoms. The third-order valence-electron chi connectivity index (χ3n) is 5.71. The molecule has 2 N–H and O–H groups in total. The molecule has 1 aromatic heterocycles. The molecule has 0 atom stereocenters. The van der Waals surface area contributed by atoms with Crippen LogP contribution in [0.25, 0.3) is 11.1 Å². The molecular formula is C26H34N4O3S. The Balaban J connectivity index is 1.88. The van der Waals surface area contributed by atoms with E-state index in [1.807, 2.05) is 25.2 Å². The van der Waals surface area contributed by atoms with Gasteiger partial charge in [0.1, 0.15) is 0 Å². The highest BCUT2D eigenvalue weighted by Gasteiger charge is 2.22. The number of hydrogen-bond donors (Lipinski definition) is 2. The first kappa shape index (κ1) is 25.6. The number of carbonyl (C=O) groups is 1. The van der Waals surface area contributed by atoms with Crippen molar-refractivity contribution in [3.8, 4) is 11.1 Å². The molecule has 7 nitrogen and oxygen atoms in total. The maximum absolute atomic E-state index is 13.0. The smallest absolute Gasteiger partial charge is 0.264 e. The number of aromatic nitrogens is 2. The number of H-pyrrole nitrogens is 1. The number of carbonyl (C=O) groups excluding carboxylic acids is 1. The Kier molecular flexibility index (Phi) is 7.94. The van der Waals surface area contributed by atoms with Crippen molar-refractivity contribution in [2.45, 2.75) is 57.4 Å². The number of rotatable bonds is 9. The summed E-state index contributed by atoms with van der Waals surface area (Å²) in [5.41, 5.74) is 5.93. The second-order valence-corrected chi connectivity index (χ2v) is 11.2. The summed E-state index contributed by atoms with van der Waals surface area (Å²) in [6.45, 7) is 9.01. The zero-order valence-electron chi connectivity index (χ0n) is 20.7. The Labute approximate surface area is 202 Å². The third-order valence-corrected chi connectivity index (χ3v) is 7.10. The average Bonchev–Trinajstić information content (AvgIpc) is 3.28. The Morgan fingerprint density at radius 2 is 1.59 bits per heavy atom. The van der Waals surface area contributed by atoms with E-state index >= 15 is 0 Å². The summed E-state index contributed by atoms with van der Waals surface area (Å²) in [6.07, 6.45) is 3.60. The maximum Gasteiger partial charge on any atom is 0.264 e. The van der Waals surface area contributed by atoms with Gasteiger partial charge in [-0.2, -0.15) is 5.10 Å². The SMILES string of the molecule is CC(C)c1cc(-c2cn[nH]c2)cc(C(C)C)c1CC(=O)NS(=O)(=O)c1ccc(CN(C)C)cc1. The van der Waals surface area contributed by atoms with Crippen LogP contribution in [0.4, 0.5) is 0 Å². The summed E-state index contributed by atoms with van der Waals surface area (Å²) in [6, 6.07) is 10.7. The number of aromatic amines is 1. The summed E-state index contributed by atoms with van der Waals surface area (Å²) in [7, 11) is -0.0645. The molecule has 3 rings (SSSR count). The number of benzene rings is 2. The van der Waals surface area contributed by atoms with Crippen molar-refractivity contribution in [1.82, 2.24) is 19.8 Å². The Morgan fingerprint density at radius 3 is 2.06 bits per heavy atom. The summed E-state index contributed by atoms with van der Waals surface area (Å²) >= 11 is 0. The molecule has 0 aliphatic heterocycles. The van der Waals surface area contributed by atoms with Gasteiger partial charge in [0, 0.05) is 18.3 Å². The molecule has 1 amide bonds. The molecule has 1 heterocycles. The zero-order valence-corrected chi connectivity index (χ0v) is 21.5. The summed E-state index contributed by atoms with van der Waals surface area (Å²) < 4.78 is 28.0. The van der Waals surface area contributed by atoms with Crippen molar-refractivity contribution in [2.24, 2.45) is 0 Å². The fraction of sp³-hybridized carbons (Fsp3) is 0.385. The highest BCUT2D eigenvalue weighted by molar-refractivity contribution is 7.90. The molecule has 0 radical (unpaired) electrons. The van der Waals surface area contributed by atoms with E-state index in [2.05, 4.69) is 54.7 Å². The number of nitrogens with one attached hydrogen (secondary N) is 2. The second kappa shape index (κ2) is 10.5. The van der Waals surface area contributed by atoms with E-state index in [1.54, 1.807) is 18.3 Å². The van der Waals surface area contributed by atoms with E-state index in [-0.39, 0.29) is 23.2 Å². The van der Waals surface area contributed by atoms with Gasteiger partial charge in [-0.05, 0) is 65.9 Å². The lowest BCUT2D eigenvalue weighted by atomic mass is 9.84. The number of sulfonamides is 1. The maximum atomic E-state index is 13.0. The summed E-state index contributed by atoms with van der Waals surface area (Å²) in [5.74, 6) is -0.224. The summed E-state index contributed by atoms with van der Waals surface area (Å²) in [5, 5.41) is 6.89. The topological polar surface area (TPSA) is 95.2 Å². The molecule has 0 aliphatic rings. The Bertz CT molecular complexity index is 1200. The van der Waals surface area contributed by atoms with Crippen molar-refractivity contribution < 1.29 is 13.2 Å². The molecule has 182 valence electrons. The van der Waals surface area contributed by atoms with Crippen LogP contribution in [0.3, 0.4) is 0 Å². The van der Waals surface area contributed by atoms with Gasteiger partial charge in [-0.15, -0.1) is 0 Å². The standard InChI is InChI=1S/C26H34N4O3S/c1-17(2)23-11-20(21-14-27-28-15-21)12-24(18(3)4)25(23)13-26(31)29-34(32,33)22-9-7-19(8-10-22)16-30(5)6/h7-12,14-15,17-18H,13,16H2,1-6H3,(H,27,28)(H,29,31). The minimum atomic E-state index is -3.96. The lowest BCUT2D eigenvalue weighted by molar-refractivity contribution is -0.118. The molecule has 0 saturated heterocycles. The molecule has 0 unspecified atom stereocenters. The van der Waals surface area contributed by atoms with E-state index in [4.69, 9.17) is 0 Å². The van der Waals surface area contributed by atoms with Crippen LogP contribution < -0.4 is 4.72 Å². The van der Waals surface area contributed by atoms with Gasteiger partial charge in [-0.25, -0.2) is 13.1 Å². The molecular weight excluding hydrogens is 448 g/mol. The number of amides is 1. The van der Waals surface area contributed by atoms with Gasteiger partial charge in [0.2, 0.25) is 5.91 Å². The van der Waals surface area contributed by atoms with Crippen molar-refractivity contribution in [3.05, 3.63) is 71.0 Å². The highest BCUT2D eigenvalue weighted by atomic mass is 32.2. The molecule has 0 aliphatic carbocycles. The highest BCUT2D eigenvalue weighted by Crippen LogP contribution is 2.33. The van der Waals surface area contributed by atoms with Crippen LogP contribution in [0.5, 0.6) is 0 Å². The fourth-order valence-electron chi connectivity index (χ4n) is 4.07. The van der Waals surface area contributed by atoms with Gasteiger partial charge >= 0.3 is 0 Å². The molecule has 3 aromatic rings. The minimum Gasteiger partial charge on any atom is -0.305 e. The van der Waals surface area contributed by atoms with Crippen LogP contribution in [-0.4, -0.2) is 43.5 Å². The van der Waals surface area contributed by atoms with Gasteiger partial charge in [0.15, 0.2) is 0 Å². The van der Waals surface area contributed by atoms with E-state index in [0.29, 0.717) is 6.54 Å². The van der Waals surface area contributed by atoms with Gasteiger partial charge < -0.3 is 4.90 Å². The van der Waals surface area contributed by atoms with Gasteiger partial charge in [0.05, 0.1) is 17.5 Å². The van der Waals surface area contributed by atoms with Gasteiger partial charge in [0.25, 0.3) is 10.0 Å². The Morgan fingerprint density at radius 1 is 1.00 bits per heavy atom. The van der Waals surface area contributed by atoms with E-state index in [0.717, 1.165) is 33.4 Å². The molecule has 0 fully saturated rings. The van der Waals surface area contributed by atoms with Crippen molar-refractivity contribution in [1.29, 1.82) is 0 Å². The van der Waals surface area contributed by atoms with Crippen LogP contribution in [0.1, 0.15) is 61.8 Å². The Hall–Kier alpha value is -2.97. The monoisotopic (exact) mass is 482 g/mol. The first-order valence-corrected chi connectivity index (χ1v) is 12.9.